The van der Waals surface area contributed by atoms with E-state index in [1.807, 2.05) is 0 Å². The van der Waals surface area contributed by atoms with E-state index in [0.29, 0.717) is 0 Å². The minimum absolute atomic E-state index is 0.898. The zero-order valence-corrected chi connectivity index (χ0v) is 9.02. The molecule has 0 aromatic rings. The van der Waals surface area contributed by atoms with Gasteiger partial charge in [0.25, 0.3) is 0 Å². The summed E-state index contributed by atoms with van der Waals surface area (Å²) in [6, 6.07) is 0.898. The van der Waals surface area contributed by atoms with E-state index in [-0.39, 0.29) is 0 Å². The Labute approximate surface area is 81.9 Å². The molecule has 0 radical (unpaired) electrons. The molecular formula is C10H21NS. The molecule has 0 aromatic heterocycles. The number of hydrogen-bond donors (Lipinski definition) is 1. The molecule has 0 aromatic carbocycles. The third-order valence-corrected chi connectivity index (χ3v) is 3.17. The van der Waals surface area contributed by atoms with E-state index in [4.69, 9.17) is 0 Å². The van der Waals surface area contributed by atoms with Crippen molar-refractivity contribution in [3.63, 3.8) is 0 Å². The van der Waals surface area contributed by atoms with Crippen molar-refractivity contribution in [2.75, 3.05) is 18.8 Å². The van der Waals surface area contributed by atoms with Gasteiger partial charge in [-0.1, -0.05) is 19.8 Å². The molecule has 0 amide bonds. The summed E-state index contributed by atoms with van der Waals surface area (Å²) in [5.74, 6) is 1.03. The van der Waals surface area contributed by atoms with Crippen LogP contribution in [0.2, 0.25) is 0 Å². The Morgan fingerprint density at radius 2 is 2.00 bits per heavy atom. The van der Waals surface area contributed by atoms with Gasteiger partial charge < -0.3 is 4.90 Å². The van der Waals surface area contributed by atoms with Gasteiger partial charge in [0.15, 0.2) is 0 Å². The molecule has 1 nitrogen and oxygen atoms in total. The maximum absolute atomic E-state index is 4.25. The van der Waals surface area contributed by atoms with Crippen LogP contribution in [0, 0.1) is 0 Å². The summed E-state index contributed by atoms with van der Waals surface area (Å²) >= 11 is 4.25. The van der Waals surface area contributed by atoms with Gasteiger partial charge in [-0.15, -0.1) is 0 Å². The number of hydrogen-bond acceptors (Lipinski definition) is 2. The quantitative estimate of drug-likeness (QED) is 0.647. The van der Waals surface area contributed by atoms with Crippen LogP contribution >= 0.6 is 12.6 Å². The van der Waals surface area contributed by atoms with Crippen LogP contribution in [0.3, 0.4) is 0 Å². The molecule has 0 N–H and O–H groups in total. The normalized spacial score (nSPS) is 19.2. The predicted octanol–water partition coefficient (Wildman–Crippen LogP) is 2.57. The second-order valence-electron chi connectivity index (χ2n) is 3.64. The molecule has 12 heavy (non-hydrogen) atoms. The Morgan fingerprint density at radius 3 is 2.50 bits per heavy atom. The lowest BCUT2D eigenvalue weighted by Gasteiger charge is -2.26. The van der Waals surface area contributed by atoms with E-state index in [1.54, 1.807) is 0 Å². The molecule has 0 unspecified atom stereocenters. The van der Waals surface area contributed by atoms with Gasteiger partial charge in [-0.25, -0.2) is 0 Å². The zero-order valence-electron chi connectivity index (χ0n) is 8.13. The summed E-state index contributed by atoms with van der Waals surface area (Å²) < 4.78 is 0. The van der Waals surface area contributed by atoms with Crippen LogP contribution in [0.5, 0.6) is 0 Å². The Morgan fingerprint density at radius 1 is 1.33 bits per heavy atom. The van der Waals surface area contributed by atoms with E-state index in [0.717, 1.165) is 11.8 Å². The first kappa shape index (κ1) is 10.4. The lowest BCUT2D eigenvalue weighted by molar-refractivity contribution is 0.210. The van der Waals surface area contributed by atoms with Gasteiger partial charge in [0.2, 0.25) is 0 Å². The Hall–Kier alpha value is 0.310. The van der Waals surface area contributed by atoms with Crippen molar-refractivity contribution in [2.45, 2.75) is 45.1 Å². The summed E-state index contributed by atoms with van der Waals surface area (Å²) in [6.07, 6.45) is 7.00. The summed E-state index contributed by atoms with van der Waals surface area (Å²) in [4.78, 5) is 2.63. The van der Waals surface area contributed by atoms with Crippen LogP contribution < -0.4 is 0 Å². The van der Waals surface area contributed by atoms with Gasteiger partial charge in [0.1, 0.15) is 0 Å². The molecule has 1 aliphatic rings. The van der Waals surface area contributed by atoms with E-state index in [9.17, 15) is 0 Å². The standard InChI is InChI=1S/C10H21NS/c1-2-11(8-5-9-12)10-6-3-4-7-10/h10,12H,2-9H2,1H3. The lowest BCUT2D eigenvalue weighted by Crippen LogP contribution is -2.34. The molecule has 0 aliphatic heterocycles. The first-order valence-electron chi connectivity index (χ1n) is 5.23. The first-order valence-corrected chi connectivity index (χ1v) is 5.86. The second-order valence-corrected chi connectivity index (χ2v) is 4.09. The third kappa shape index (κ3) is 2.98. The topological polar surface area (TPSA) is 3.24 Å². The average Bonchev–Trinajstić information content (AvgIpc) is 2.59. The molecular weight excluding hydrogens is 166 g/mol. The fourth-order valence-corrected chi connectivity index (χ4v) is 2.28. The molecule has 2 heteroatoms. The highest BCUT2D eigenvalue weighted by atomic mass is 32.1. The summed E-state index contributed by atoms with van der Waals surface area (Å²) in [6.45, 7) is 4.75. The molecule has 1 fully saturated rings. The van der Waals surface area contributed by atoms with Crippen molar-refractivity contribution in [3.05, 3.63) is 0 Å². The number of nitrogens with zero attached hydrogens (tertiary/aromatic N) is 1. The highest BCUT2D eigenvalue weighted by Crippen LogP contribution is 2.23. The van der Waals surface area contributed by atoms with Crippen molar-refractivity contribution >= 4 is 12.6 Å². The lowest BCUT2D eigenvalue weighted by atomic mass is 10.2. The molecule has 0 spiro atoms. The predicted molar refractivity (Wildman–Crippen MR) is 58.0 cm³/mol. The maximum Gasteiger partial charge on any atom is 0.00951 e. The highest BCUT2D eigenvalue weighted by Gasteiger charge is 2.20. The van der Waals surface area contributed by atoms with Gasteiger partial charge in [0.05, 0.1) is 0 Å². The van der Waals surface area contributed by atoms with E-state index < -0.39 is 0 Å². The van der Waals surface area contributed by atoms with Crippen molar-refractivity contribution in [3.8, 4) is 0 Å². The Balaban J connectivity index is 2.22. The molecule has 1 rings (SSSR count). The molecule has 72 valence electrons. The van der Waals surface area contributed by atoms with Crippen LogP contribution in [0.1, 0.15) is 39.0 Å². The maximum atomic E-state index is 4.25. The van der Waals surface area contributed by atoms with Gasteiger partial charge in [-0.3, -0.25) is 0 Å². The van der Waals surface area contributed by atoms with Crippen molar-refractivity contribution < 1.29 is 0 Å². The molecule has 0 saturated heterocycles. The van der Waals surface area contributed by atoms with E-state index >= 15 is 0 Å². The highest BCUT2D eigenvalue weighted by molar-refractivity contribution is 7.80. The van der Waals surface area contributed by atoms with Crippen LogP contribution in [0.4, 0.5) is 0 Å². The number of thiol groups is 1. The summed E-state index contributed by atoms with van der Waals surface area (Å²) in [5.41, 5.74) is 0. The van der Waals surface area contributed by atoms with Crippen molar-refractivity contribution in [1.82, 2.24) is 4.90 Å². The van der Waals surface area contributed by atoms with Crippen LogP contribution in [0.15, 0.2) is 0 Å². The minimum Gasteiger partial charge on any atom is -0.301 e. The molecule has 0 bridgehead atoms. The average molecular weight is 187 g/mol. The molecule has 0 heterocycles. The van der Waals surface area contributed by atoms with Crippen molar-refractivity contribution in [1.29, 1.82) is 0 Å². The number of rotatable bonds is 5. The molecule has 1 aliphatic carbocycles. The monoisotopic (exact) mass is 187 g/mol. The fourth-order valence-electron chi connectivity index (χ4n) is 2.14. The minimum atomic E-state index is 0.898. The van der Waals surface area contributed by atoms with Gasteiger partial charge in [-0.05, 0) is 38.1 Å². The Kier molecular flexibility index (Phi) is 5.08. The zero-order chi connectivity index (χ0) is 8.81. The Bertz CT molecular complexity index is 110. The summed E-state index contributed by atoms with van der Waals surface area (Å²) in [7, 11) is 0. The van der Waals surface area contributed by atoms with Gasteiger partial charge >= 0.3 is 0 Å². The van der Waals surface area contributed by atoms with E-state index in [2.05, 4.69) is 24.5 Å². The second kappa shape index (κ2) is 5.87. The molecule has 0 atom stereocenters. The van der Waals surface area contributed by atoms with Crippen LogP contribution in [-0.4, -0.2) is 29.8 Å². The largest absolute Gasteiger partial charge is 0.301 e. The van der Waals surface area contributed by atoms with Gasteiger partial charge in [-0.2, -0.15) is 12.6 Å². The van der Waals surface area contributed by atoms with Crippen LogP contribution in [-0.2, 0) is 0 Å². The third-order valence-electron chi connectivity index (χ3n) is 2.85. The molecule has 1 saturated carbocycles. The van der Waals surface area contributed by atoms with E-state index in [1.165, 1.54) is 45.2 Å². The fraction of sp³-hybridized carbons (Fsp3) is 1.00. The van der Waals surface area contributed by atoms with Crippen molar-refractivity contribution in [2.24, 2.45) is 0 Å². The summed E-state index contributed by atoms with van der Waals surface area (Å²) in [5, 5.41) is 0. The SMILES string of the molecule is CCN(CCCS)C1CCCC1. The van der Waals surface area contributed by atoms with Crippen LogP contribution in [0.25, 0.3) is 0 Å². The smallest absolute Gasteiger partial charge is 0.00951 e. The van der Waals surface area contributed by atoms with Gasteiger partial charge in [0, 0.05) is 6.04 Å². The first-order chi connectivity index (χ1) is 5.88.